The third-order valence-corrected chi connectivity index (χ3v) is 5.72. The normalized spacial score (nSPS) is 15.5. The molecule has 0 radical (unpaired) electrons. The summed E-state index contributed by atoms with van der Waals surface area (Å²) in [5, 5.41) is 9.92. The van der Waals surface area contributed by atoms with Gasteiger partial charge in [0, 0.05) is 37.7 Å². The number of aryl methyl sites for hydroxylation is 1. The molecule has 0 atom stereocenters. The molecule has 0 unspecified atom stereocenters. The first kappa shape index (κ1) is 19.4. The second-order valence-electron chi connectivity index (χ2n) is 7.33. The van der Waals surface area contributed by atoms with Gasteiger partial charge in [0.15, 0.2) is 5.65 Å². The Morgan fingerprint density at radius 1 is 1.17 bits per heavy atom. The number of pyridine rings is 1. The van der Waals surface area contributed by atoms with Crippen LogP contribution in [-0.4, -0.2) is 32.1 Å². The molecule has 0 N–H and O–H groups in total. The Balaban J connectivity index is 1.64. The summed E-state index contributed by atoms with van der Waals surface area (Å²) in [6.07, 6.45) is 1.45. The van der Waals surface area contributed by atoms with E-state index >= 15 is 0 Å². The Morgan fingerprint density at radius 2 is 1.93 bits per heavy atom. The van der Waals surface area contributed by atoms with E-state index < -0.39 is 11.1 Å². The van der Waals surface area contributed by atoms with Crippen LogP contribution in [0.4, 0.5) is 0 Å². The number of likely N-dealkylation sites (tertiary alicyclic amines) is 1. The van der Waals surface area contributed by atoms with E-state index in [2.05, 4.69) is 9.88 Å². The fourth-order valence-electron chi connectivity index (χ4n) is 3.96. The quantitative estimate of drug-likeness (QED) is 0.620. The lowest BCUT2D eigenvalue weighted by Gasteiger charge is -2.33. The van der Waals surface area contributed by atoms with E-state index in [1.165, 1.54) is 9.13 Å². The van der Waals surface area contributed by atoms with Crippen molar-refractivity contribution in [1.29, 1.82) is 5.26 Å². The van der Waals surface area contributed by atoms with Gasteiger partial charge in [-0.3, -0.25) is 19.1 Å². The van der Waals surface area contributed by atoms with Crippen molar-refractivity contribution in [3.8, 4) is 6.07 Å². The standard InChI is InChI=1S/C21H20ClN5O2/c1-25-18-6-5-16(12-23)24-19(18)27(21(29)20(25)28)17-7-9-26(10-8-17)13-14-3-2-4-15(22)11-14/h2-6,11,17H,7-10,13H2,1H3. The van der Waals surface area contributed by atoms with Crippen molar-refractivity contribution < 1.29 is 0 Å². The number of halogens is 1. The predicted molar refractivity (Wildman–Crippen MR) is 111 cm³/mol. The van der Waals surface area contributed by atoms with Gasteiger partial charge in [0.2, 0.25) is 0 Å². The molecule has 2 aromatic heterocycles. The Kier molecular flexibility index (Phi) is 5.22. The number of rotatable bonds is 3. The first-order valence-electron chi connectivity index (χ1n) is 9.47. The molecule has 8 heteroatoms. The van der Waals surface area contributed by atoms with E-state index in [1.54, 1.807) is 19.2 Å². The average Bonchev–Trinajstić information content (AvgIpc) is 2.73. The third kappa shape index (κ3) is 3.69. The largest absolute Gasteiger partial charge is 0.318 e. The Bertz CT molecular complexity index is 1230. The summed E-state index contributed by atoms with van der Waals surface area (Å²) >= 11 is 6.07. The fourth-order valence-corrected chi connectivity index (χ4v) is 4.18. The monoisotopic (exact) mass is 409 g/mol. The molecule has 0 spiro atoms. The van der Waals surface area contributed by atoms with Crippen LogP contribution in [0.2, 0.25) is 5.02 Å². The van der Waals surface area contributed by atoms with Crippen molar-refractivity contribution in [2.75, 3.05) is 13.1 Å². The number of aromatic nitrogens is 3. The highest BCUT2D eigenvalue weighted by Crippen LogP contribution is 2.25. The molecule has 1 saturated heterocycles. The smallest absolute Gasteiger partial charge is 0.304 e. The SMILES string of the molecule is Cn1c(=O)c(=O)n(C2CCN(Cc3cccc(Cl)c3)CC2)c2nc(C#N)ccc21. The fraction of sp³-hybridized carbons (Fsp3) is 0.333. The predicted octanol–water partition coefficient (Wildman–Crippen LogP) is 2.46. The second-order valence-corrected chi connectivity index (χ2v) is 7.76. The maximum Gasteiger partial charge on any atom is 0.318 e. The highest BCUT2D eigenvalue weighted by Gasteiger charge is 2.25. The van der Waals surface area contributed by atoms with Crippen LogP contribution in [0.5, 0.6) is 0 Å². The summed E-state index contributed by atoms with van der Waals surface area (Å²) in [5.41, 5.74) is 1.15. The van der Waals surface area contributed by atoms with Gasteiger partial charge in [0.1, 0.15) is 11.8 Å². The topological polar surface area (TPSA) is 83.9 Å². The van der Waals surface area contributed by atoms with Crippen LogP contribution in [0.15, 0.2) is 46.0 Å². The van der Waals surface area contributed by atoms with Crippen LogP contribution < -0.4 is 11.1 Å². The van der Waals surface area contributed by atoms with Crippen molar-refractivity contribution in [2.45, 2.75) is 25.4 Å². The van der Waals surface area contributed by atoms with Crippen LogP contribution in [0.3, 0.4) is 0 Å². The van der Waals surface area contributed by atoms with Crippen LogP contribution >= 0.6 is 11.6 Å². The Labute approximate surface area is 172 Å². The molecule has 1 aliphatic heterocycles. The Morgan fingerprint density at radius 3 is 2.62 bits per heavy atom. The highest BCUT2D eigenvalue weighted by atomic mass is 35.5. The van der Waals surface area contributed by atoms with Crippen LogP contribution in [-0.2, 0) is 13.6 Å². The number of benzene rings is 1. The molecule has 0 aliphatic carbocycles. The van der Waals surface area contributed by atoms with Crippen LogP contribution in [0, 0.1) is 11.3 Å². The maximum atomic E-state index is 12.8. The molecule has 3 aromatic rings. The molecular weight excluding hydrogens is 390 g/mol. The number of hydrogen-bond donors (Lipinski definition) is 0. The molecule has 1 aromatic carbocycles. The highest BCUT2D eigenvalue weighted by molar-refractivity contribution is 6.30. The van der Waals surface area contributed by atoms with E-state index in [9.17, 15) is 14.9 Å². The molecule has 7 nitrogen and oxygen atoms in total. The van der Waals surface area contributed by atoms with Gasteiger partial charge >= 0.3 is 11.1 Å². The minimum atomic E-state index is -0.587. The van der Waals surface area contributed by atoms with Gasteiger partial charge in [-0.15, -0.1) is 0 Å². The summed E-state index contributed by atoms with van der Waals surface area (Å²) in [6, 6.07) is 12.9. The van der Waals surface area contributed by atoms with Gasteiger partial charge in [0.05, 0.1) is 5.52 Å². The molecule has 0 saturated carbocycles. The number of hydrogen-bond acceptors (Lipinski definition) is 5. The zero-order valence-corrected chi connectivity index (χ0v) is 16.8. The molecule has 0 amide bonds. The zero-order valence-electron chi connectivity index (χ0n) is 16.0. The number of fused-ring (bicyclic) bond motifs is 1. The lowest BCUT2D eigenvalue weighted by molar-refractivity contribution is 0.179. The van der Waals surface area contributed by atoms with Gasteiger partial charge in [-0.2, -0.15) is 5.26 Å². The summed E-state index contributed by atoms with van der Waals surface area (Å²) in [6.45, 7) is 2.37. The summed E-state index contributed by atoms with van der Waals surface area (Å²) in [5.74, 6) is 0. The maximum absolute atomic E-state index is 12.8. The molecule has 1 fully saturated rings. The number of nitriles is 1. The third-order valence-electron chi connectivity index (χ3n) is 5.48. The van der Waals surface area contributed by atoms with Crippen molar-refractivity contribution in [2.24, 2.45) is 7.05 Å². The minimum absolute atomic E-state index is 0.129. The first-order valence-corrected chi connectivity index (χ1v) is 9.85. The van der Waals surface area contributed by atoms with E-state index in [4.69, 9.17) is 11.6 Å². The number of piperidine rings is 1. The molecule has 0 bridgehead atoms. The van der Waals surface area contributed by atoms with Gasteiger partial charge in [-0.25, -0.2) is 4.98 Å². The summed E-state index contributed by atoms with van der Waals surface area (Å²) in [4.78, 5) is 31.9. The molecule has 3 heterocycles. The van der Waals surface area contributed by atoms with Gasteiger partial charge in [0.25, 0.3) is 0 Å². The van der Waals surface area contributed by atoms with Crippen LogP contribution in [0.25, 0.3) is 11.2 Å². The van der Waals surface area contributed by atoms with Crippen LogP contribution in [0.1, 0.15) is 30.1 Å². The second kappa shape index (κ2) is 7.82. The van der Waals surface area contributed by atoms with Crippen molar-refractivity contribution in [1.82, 2.24) is 19.0 Å². The molecule has 4 rings (SSSR count). The minimum Gasteiger partial charge on any atom is -0.304 e. The van der Waals surface area contributed by atoms with E-state index in [1.807, 2.05) is 30.3 Å². The number of nitrogens with zero attached hydrogens (tertiary/aromatic N) is 5. The summed E-state index contributed by atoms with van der Waals surface area (Å²) in [7, 11) is 1.55. The van der Waals surface area contributed by atoms with E-state index in [-0.39, 0.29) is 11.7 Å². The van der Waals surface area contributed by atoms with E-state index in [0.717, 1.165) is 43.1 Å². The van der Waals surface area contributed by atoms with Gasteiger partial charge < -0.3 is 4.57 Å². The van der Waals surface area contributed by atoms with Crippen molar-refractivity contribution in [3.05, 3.63) is 73.4 Å². The van der Waals surface area contributed by atoms with Crippen molar-refractivity contribution >= 4 is 22.8 Å². The first-order chi connectivity index (χ1) is 14.0. The van der Waals surface area contributed by atoms with Crippen molar-refractivity contribution in [3.63, 3.8) is 0 Å². The van der Waals surface area contributed by atoms with Gasteiger partial charge in [-0.1, -0.05) is 23.7 Å². The lowest BCUT2D eigenvalue weighted by atomic mass is 10.0. The summed E-state index contributed by atoms with van der Waals surface area (Å²) < 4.78 is 2.80. The Hall–Kier alpha value is -2.95. The molecule has 148 valence electrons. The zero-order chi connectivity index (χ0) is 20.5. The molecular formula is C21H20ClN5O2. The molecule has 29 heavy (non-hydrogen) atoms. The molecule has 1 aliphatic rings. The lowest BCUT2D eigenvalue weighted by Crippen LogP contribution is -2.45. The van der Waals surface area contributed by atoms with Gasteiger partial charge in [-0.05, 0) is 42.7 Å². The average molecular weight is 410 g/mol. The van der Waals surface area contributed by atoms with E-state index in [0.29, 0.717) is 11.2 Å².